The lowest BCUT2D eigenvalue weighted by molar-refractivity contribution is -0.125. The van der Waals surface area contributed by atoms with Crippen molar-refractivity contribution in [3.05, 3.63) is 64.1 Å². The summed E-state index contributed by atoms with van der Waals surface area (Å²) in [5.74, 6) is -1.57. The molecule has 2 aromatic rings. The standard InChI is InChI=1S/C15H15N3O4/c1-10(14(16)20)22-15(21)12-7-8-13(19)18(17-12)9-11-5-3-2-4-6-11/h2-8,10H,9H2,1H3,(H2,16,20). The molecule has 0 saturated carbocycles. The van der Waals surface area contributed by atoms with Crippen LogP contribution in [0.2, 0.25) is 0 Å². The Kier molecular flexibility index (Phi) is 4.67. The first-order chi connectivity index (χ1) is 10.5. The molecule has 2 N–H and O–H groups in total. The molecule has 1 atom stereocenters. The smallest absolute Gasteiger partial charge is 0.359 e. The molecule has 7 nitrogen and oxygen atoms in total. The van der Waals surface area contributed by atoms with E-state index in [0.717, 1.165) is 10.2 Å². The maximum atomic E-state index is 11.9. The van der Waals surface area contributed by atoms with Crippen LogP contribution in [0.15, 0.2) is 47.3 Å². The Bertz CT molecular complexity index is 740. The average Bonchev–Trinajstić information content (AvgIpc) is 2.50. The van der Waals surface area contributed by atoms with Gasteiger partial charge in [-0.3, -0.25) is 9.59 Å². The van der Waals surface area contributed by atoms with Gasteiger partial charge in [0.2, 0.25) is 0 Å². The van der Waals surface area contributed by atoms with Crippen molar-refractivity contribution in [1.29, 1.82) is 0 Å². The van der Waals surface area contributed by atoms with E-state index in [1.54, 1.807) is 0 Å². The molecule has 114 valence electrons. The maximum absolute atomic E-state index is 11.9. The summed E-state index contributed by atoms with van der Waals surface area (Å²) in [5.41, 5.74) is 5.49. The van der Waals surface area contributed by atoms with Crippen LogP contribution in [0.25, 0.3) is 0 Å². The monoisotopic (exact) mass is 301 g/mol. The zero-order chi connectivity index (χ0) is 16.1. The third-order valence-corrected chi connectivity index (χ3v) is 2.94. The van der Waals surface area contributed by atoms with Crippen molar-refractivity contribution in [2.45, 2.75) is 19.6 Å². The number of nitrogens with two attached hydrogens (primary N) is 1. The van der Waals surface area contributed by atoms with Crippen LogP contribution in [0.1, 0.15) is 23.0 Å². The minimum absolute atomic E-state index is 0.0661. The maximum Gasteiger partial charge on any atom is 0.359 e. The molecule has 0 saturated heterocycles. The Morgan fingerprint density at radius 2 is 1.91 bits per heavy atom. The molecule has 0 aliphatic carbocycles. The fourth-order valence-corrected chi connectivity index (χ4v) is 1.71. The molecule has 2 rings (SSSR count). The van der Waals surface area contributed by atoms with E-state index in [1.807, 2.05) is 30.3 Å². The van der Waals surface area contributed by atoms with Gasteiger partial charge in [0.05, 0.1) is 6.54 Å². The van der Waals surface area contributed by atoms with Crippen LogP contribution in [0.4, 0.5) is 0 Å². The van der Waals surface area contributed by atoms with Crippen LogP contribution in [0.5, 0.6) is 0 Å². The molecule has 0 aliphatic heterocycles. The molecule has 1 aromatic heterocycles. The largest absolute Gasteiger partial charge is 0.448 e. The molecule has 0 aliphatic rings. The molecule has 7 heteroatoms. The Morgan fingerprint density at radius 1 is 1.23 bits per heavy atom. The first kappa shape index (κ1) is 15.4. The number of esters is 1. The number of hydrogen-bond acceptors (Lipinski definition) is 5. The number of aromatic nitrogens is 2. The Hall–Kier alpha value is -2.96. The third kappa shape index (κ3) is 3.78. The second-order valence-corrected chi connectivity index (χ2v) is 4.65. The van der Waals surface area contributed by atoms with Crippen LogP contribution in [-0.4, -0.2) is 27.8 Å². The number of benzene rings is 1. The average molecular weight is 301 g/mol. The normalized spacial score (nSPS) is 11.7. The summed E-state index contributed by atoms with van der Waals surface area (Å²) < 4.78 is 6.01. The van der Waals surface area contributed by atoms with Gasteiger partial charge in [0.25, 0.3) is 11.5 Å². The van der Waals surface area contributed by atoms with Gasteiger partial charge in [0.15, 0.2) is 11.8 Å². The molecule has 1 unspecified atom stereocenters. The second-order valence-electron chi connectivity index (χ2n) is 4.65. The lowest BCUT2D eigenvalue weighted by atomic mass is 10.2. The zero-order valence-corrected chi connectivity index (χ0v) is 11.9. The van der Waals surface area contributed by atoms with Crippen molar-refractivity contribution in [3.63, 3.8) is 0 Å². The van der Waals surface area contributed by atoms with E-state index in [1.165, 1.54) is 19.1 Å². The number of carbonyl (C=O) groups excluding carboxylic acids is 2. The van der Waals surface area contributed by atoms with Crippen molar-refractivity contribution in [3.8, 4) is 0 Å². The quantitative estimate of drug-likeness (QED) is 0.801. The highest BCUT2D eigenvalue weighted by atomic mass is 16.5. The number of ether oxygens (including phenoxy) is 1. The van der Waals surface area contributed by atoms with Gasteiger partial charge in [-0.15, -0.1) is 0 Å². The summed E-state index contributed by atoms with van der Waals surface area (Å²) in [5, 5.41) is 3.96. The molecule has 1 amide bonds. The van der Waals surface area contributed by atoms with E-state index >= 15 is 0 Å². The fraction of sp³-hybridized carbons (Fsp3) is 0.200. The summed E-state index contributed by atoms with van der Waals surface area (Å²) in [6.07, 6.45) is -1.07. The summed E-state index contributed by atoms with van der Waals surface area (Å²) in [7, 11) is 0. The van der Waals surface area contributed by atoms with Crippen LogP contribution in [-0.2, 0) is 16.1 Å². The van der Waals surface area contributed by atoms with E-state index < -0.39 is 18.0 Å². The second kappa shape index (κ2) is 6.66. The lowest BCUT2D eigenvalue weighted by Gasteiger charge is -2.10. The minimum Gasteiger partial charge on any atom is -0.448 e. The topological polar surface area (TPSA) is 104 Å². The minimum atomic E-state index is -1.07. The van der Waals surface area contributed by atoms with Crippen molar-refractivity contribution in [2.24, 2.45) is 5.73 Å². The molecule has 0 bridgehead atoms. The van der Waals surface area contributed by atoms with E-state index in [2.05, 4.69) is 5.10 Å². The zero-order valence-electron chi connectivity index (χ0n) is 11.9. The molecule has 0 spiro atoms. The molecule has 0 fully saturated rings. The summed E-state index contributed by atoms with van der Waals surface area (Å²) in [6.45, 7) is 1.59. The number of primary amides is 1. The number of amides is 1. The van der Waals surface area contributed by atoms with Gasteiger partial charge in [0.1, 0.15) is 0 Å². The SMILES string of the molecule is CC(OC(=O)c1ccc(=O)n(Cc2ccccc2)n1)C(N)=O. The summed E-state index contributed by atoms with van der Waals surface area (Å²) in [6, 6.07) is 11.7. The van der Waals surface area contributed by atoms with Crippen molar-refractivity contribution < 1.29 is 14.3 Å². The highest BCUT2D eigenvalue weighted by Gasteiger charge is 2.18. The number of hydrogen-bond donors (Lipinski definition) is 1. The Labute approximate surface area is 126 Å². The van der Waals surface area contributed by atoms with E-state index in [9.17, 15) is 14.4 Å². The molecule has 0 radical (unpaired) electrons. The number of rotatable bonds is 5. The van der Waals surface area contributed by atoms with Gasteiger partial charge in [0, 0.05) is 6.07 Å². The Balaban J connectivity index is 2.21. The van der Waals surface area contributed by atoms with Crippen LogP contribution in [0.3, 0.4) is 0 Å². The van der Waals surface area contributed by atoms with Crippen molar-refractivity contribution in [1.82, 2.24) is 9.78 Å². The van der Waals surface area contributed by atoms with Gasteiger partial charge in [-0.25, -0.2) is 9.48 Å². The van der Waals surface area contributed by atoms with Crippen LogP contribution in [0, 0.1) is 0 Å². The van der Waals surface area contributed by atoms with Crippen molar-refractivity contribution >= 4 is 11.9 Å². The molecule has 22 heavy (non-hydrogen) atoms. The number of nitrogens with zero attached hydrogens (tertiary/aromatic N) is 2. The van der Waals surface area contributed by atoms with E-state index in [0.29, 0.717) is 0 Å². The highest BCUT2D eigenvalue weighted by molar-refractivity contribution is 5.90. The Morgan fingerprint density at radius 3 is 2.55 bits per heavy atom. The van der Waals surface area contributed by atoms with Gasteiger partial charge >= 0.3 is 5.97 Å². The van der Waals surface area contributed by atoms with E-state index in [-0.39, 0.29) is 17.8 Å². The number of carbonyl (C=O) groups is 2. The molecular weight excluding hydrogens is 286 g/mol. The molecule has 1 heterocycles. The molecule has 1 aromatic carbocycles. The third-order valence-electron chi connectivity index (χ3n) is 2.94. The van der Waals surface area contributed by atoms with Gasteiger partial charge in [-0.1, -0.05) is 30.3 Å². The predicted molar refractivity (Wildman–Crippen MR) is 78.1 cm³/mol. The van der Waals surface area contributed by atoms with Gasteiger partial charge in [-0.05, 0) is 18.6 Å². The van der Waals surface area contributed by atoms with Crippen LogP contribution >= 0.6 is 0 Å². The fourth-order valence-electron chi connectivity index (χ4n) is 1.71. The van der Waals surface area contributed by atoms with Crippen LogP contribution < -0.4 is 11.3 Å². The predicted octanol–water partition coefficient (Wildman–Crippen LogP) is 0.322. The van der Waals surface area contributed by atoms with Crippen molar-refractivity contribution in [2.75, 3.05) is 0 Å². The van der Waals surface area contributed by atoms with E-state index in [4.69, 9.17) is 10.5 Å². The first-order valence-corrected chi connectivity index (χ1v) is 6.60. The van der Waals surface area contributed by atoms with Gasteiger partial charge in [-0.2, -0.15) is 5.10 Å². The molecular formula is C15H15N3O4. The lowest BCUT2D eigenvalue weighted by Crippen LogP contribution is -2.32. The highest BCUT2D eigenvalue weighted by Crippen LogP contribution is 2.02. The van der Waals surface area contributed by atoms with Gasteiger partial charge < -0.3 is 10.5 Å². The first-order valence-electron chi connectivity index (χ1n) is 6.60. The summed E-state index contributed by atoms with van der Waals surface area (Å²) in [4.78, 5) is 34.6. The summed E-state index contributed by atoms with van der Waals surface area (Å²) >= 11 is 0.